The van der Waals surface area contributed by atoms with E-state index < -0.39 is 0 Å². The molecule has 2 N–H and O–H groups in total. The number of anilines is 1. The predicted octanol–water partition coefficient (Wildman–Crippen LogP) is 3.78. The second-order valence-electron chi connectivity index (χ2n) is 4.37. The number of halogens is 1. The van der Waals surface area contributed by atoms with Crippen LogP contribution < -0.4 is 5.73 Å². The summed E-state index contributed by atoms with van der Waals surface area (Å²) in [5.41, 5.74) is 9.56. The van der Waals surface area contributed by atoms with Gasteiger partial charge < -0.3 is 5.73 Å². The van der Waals surface area contributed by atoms with E-state index in [9.17, 15) is 0 Å². The molecule has 1 aromatic heterocycles. The Morgan fingerprint density at radius 2 is 1.84 bits per heavy atom. The Bertz CT molecular complexity index is 581. The lowest BCUT2D eigenvalue weighted by Crippen LogP contribution is -2.07. The van der Waals surface area contributed by atoms with Crippen molar-refractivity contribution in [2.75, 3.05) is 12.0 Å². The molecule has 0 aliphatic rings. The van der Waals surface area contributed by atoms with Crippen LogP contribution >= 0.6 is 23.4 Å². The molecule has 0 aliphatic carbocycles. The highest BCUT2D eigenvalue weighted by molar-refractivity contribution is 7.99. The van der Waals surface area contributed by atoms with Crippen LogP contribution in [-0.4, -0.2) is 16.2 Å². The molecule has 0 fully saturated rings. The Hall–Kier alpha value is -1.26. The van der Waals surface area contributed by atoms with E-state index in [1.807, 2.05) is 38.3 Å². The van der Waals surface area contributed by atoms with Crippen molar-refractivity contribution in [1.82, 2.24) is 9.97 Å². The second kappa shape index (κ2) is 5.80. The Morgan fingerprint density at radius 3 is 2.42 bits per heavy atom. The van der Waals surface area contributed by atoms with Crippen molar-refractivity contribution in [1.29, 1.82) is 0 Å². The van der Waals surface area contributed by atoms with Crippen LogP contribution in [0.1, 0.15) is 28.0 Å². The van der Waals surface area contributed by atoms with Crippen molar-refractivity contribution in [3.63, 3.8) is 0 Å². The number of aromatic nitrogens is 2. The number of nitrogen functional groups attached to an aromatic ring is 1. The van der Waals surface area contributed by atoms with Crippen molar-refractivity contribution in [2.24, 2.45) is 0 Å². The number of nitrogens with two attached hydrogens (primary N) is 1. The molecule has 0 aliphatic heterocycles. The maximum Gasteiger partial charge on any atom is 0.146 e. The summed E-state index contributed by atoms with van der Waals surface area (Å²) >= 11 is 7.74. The quantitative estimate of drug-likeness (QED) is 0.875. The van der Waals surface area contributed by atoms with Gasteiger partial charge in [0.05, 0.1) is 16.0 Å². The third kappa shape index (κ3) is 3.01. The number of aryl methyl sites for hydroxylation is 2. The minimum absolute atomic E-state index is 0.00250. The Morgan fingerprint density at radius 1 is 1.21 bits per heavy atom. The van der Waals surface area contributed by atoms with Crippen molar-refractivity contribution < 1.29 is 0 Å². The predicted molar refractivity (Wildman–Crippen MR) is 82.7 cm³/mol. The monoisotopic (exact) mass is 293 g/mol. The van der Waals surface area contributed by atoms with Crippen LogP contribution in [0, 0.1) is 13.8 Å². The molecule has 1 heterocycles. The number of para-hydroxylation sites is 1. The summed E-state index contributed by atoms with van der Waals surface area (Å²) in [6.07, 6.45) is 2.02. The van der Waals surface area contributed by atoms with Crippen LogP contribution in [-0.2, 0) is 0 Å². The molecule has 1 atom stereocenters. The normalized spacial score (nSPS) is 12.4. The fourth-order valence-electron chi connectivity index (χ4n) is 2.02. The SMILES string of the molecule is CSC(c1nc(C)cc(C)n1)c1cccc(Cl)c1N. The third-order valence-corrected chi connectivity index (χ3v) is 4.10. The highest BCUT2D eigenvalue weighted by Crippen LogP contribution is 2.37. The summed E-state index contributed by atoms with van der Waals surface area (Å²) in [6.45, 7) is 3.94. The average Bonchev–Trinajstić information content (AvgIpc) is 2.34. The van der Waals surface area contributed by atoms with E-state index in [1.54, 1.807) is 17.8 Å². The molecule has 0 amide bonds. The molecule has 0 saturated heterocycles. The van der Waals surface area contributed by atoms with Gasteiger partial charge in [0.15, 0.2) is 0 Å². The highest BCUT2D eigenvalue weighted by atomic mass is 35.5. The number of benzene rings is 1. The van der Waals surface area contributed by atoms with Crippen LogP contribution in [0.2, 0.25) is 5.02 Å². The smallest absolute Gasteiger partial charge is 0.146 e. The molecule has 19 heavy (non-hydrogen) atoms. The number of nitrogens with zero attached hydrogens (tertiary/aromatic N) is 2. The fraction of sp³-hybridized carbons (Fsp3) is 0.286. The van der Waals surface area contributed by atoms with Gasteiger partial charge in [0, 0.05) is 11.4 Å². The number of thioether (sulfide) groups is 1. The first-order chi connectivity index (χ1) is 9.02. The lowest BCUT2D eigenvalue weighted by atomic mass is 10.1. The molecule has 0 saturated carbocycles. The minimum Gasteiger partial charge on any atom is -0.397 e. The third-order valence-electron chi connectivity index (χ3n) is 2.84. The molecule has 1 aromatic carbocycles. The van der Waals surface area contributed by atoms with Gasteiger partial charge in [0.25, 0.3) is 0 Å². The summed E-state index contributed by atoms with van der Waals surface area (Å²) in [6, 6.07) is 7.63. The van der Waals surface area contributed by atoms with Crippen LogP contribution in [0.25, 0.3) is 0 Å². The van der Waals surface area contributed by atoms with Gasteiger partial charge in [-0.1, -0.05) is 23.7 Å². The zero-order valence-corrected chi connectivity index (χ0v) is 12.7. The molecular formula is C14H16ClN3S. The zero-order chi connectivity index (χ0) is 14.0. The Labute approximate surface area is 122 Å². The van der Waals surface area contributed by atoms with Gasteiger partial charge in [0.1, 0.15) is 5.82 Å². The lowest BCUT2D eigenvalue weighted by Gasteiger charge is -2.17. The van der Waals surface area contributed by atoms with Crippen LogP contribution in [0.3, 0.4) is 0 Å². The first-order valence-electron chi connectivity index (χ1n) is 5.91. The van der Waals surface area contributed by atoms with Gasteiger partial charge in [-0.2, -0.15) is 0 Å². The van der Waals surface area contributed by atoms with E-state index in [0.717, 1.165) is 22.8 Å². The van der Waals surface area contributed by atoms with E-state index >= 15 is 0 Å². The maximum absolute atomic E-state index is 6.09. The van der Waals surface area contributed by atoms with Gasteiger partial charge in [0.2, 0.25) is 0 Å². The second-order valence-corrected chi connectivity index (χ2v) is 5.72. The molecule has 1 unspecified atom stereocenters. The number of hydrogen-bond donors (Lipinski definition) is 1. The van der Waals surface area contributed by atoms with Crippen molar-refractivity contribution in [2.45, 2.75) is 19.1 Å². The molecule has 0 radical (unpaired) electrons. The van der Waals surface area contributed by atoms with E-state index in [4.69, 9.17) is 17.3 Å². The first kappa shape index (κ1) is 14.2. The molecule has 3 nitrogen and oxygen atoms in total. The molecule has 100 valence electrons. The molecule has 5 heteroatoms. The Balaban J connectivity index is 2.53. The van der Waals surface area contributed by atoms with Crippen molar-refractivity contribution in [3.8, 4) is 0 Å². The van der Waals surface area contributed by atoms with Crippen molar-refractivity contribution in [3.05, 3.63) is 52.1 Å². The highest BCUT2D eigenvalue weighted by Gasteiger charge is 2.20. The Kier molecular flexibility index (Phi) is 4.32. The average molecular weight is 294 g/mol. The molecular weight excluding hydrogens is 278 g/mol. The topological polar surface area (TPSA) is 51.8 Å². The molecule has 2 rings (SSSR count). The van der Waals surface area contributed by atoms with Gasteiger partial charge in [-0.3, -0.25) is 0 Å². The van der Waals surface area contributed by atoms with Gasteiger partial charge in [-0.15, -0.1) is 11.8 Å². The minimum atomic E-state index is -0.00250. The van der Waals surface area contributed by atoms with Gasteiger partial charge in [-0.05, 0) is 37.8 Å². The van der Waals surface area contributed by atoms with Gasteiger partial charge in [-0.25, -0.2) is 9.97 Å². The molecule has 0 bridgehead atoms. The standard InChI is InChI=1S/C14H16ClN3S/c1-8-7-9(2)18-14(17-8)13(19-3)10-5-4-6-11(15)12(10)16/h4-7,13H,16H2,1-3H3. The van der Waals surface area contributed by atoms with Crippen LogP contribution in [0.5, 0.6) is 0 Å². The van der Waals surface area contributed by atoms with Gasteiger partial charge >= 0.3 is 0 Å². The summed E-state index contributed by atoms with van der Waals surface area (Å²) < 4.78 is 0. The lowest BCUT2D eigenvalue weighted by molar-refractivity contribution is 0.907. The maximum atomic E-state index is 6.09. The fourth-order valence-corrected chi connectivity index (χ4v) is 2.98. The number of hydrogen-bond acceptors (Lipinski definition) is 4. The summed E-state index contributed by atoms with van der Waals surface area (Å²) in [7, 11) is 0. The molecule has 0 spiro atoms. The number of rotatable bonds is 3. The van der Waals surface area contributed by atoms with E-state index in [0.29, 0.717) is 10.7 Å². The van der Waals surface area contributed by atoms with E-state index in [1.165, 1.54) is 0 Å². The molecule has 2 aromatic rings. The zero-order valence-electron chi connectivity index (χ0n) is 11.1. The summed E-state index contributed by atoms with van der Waals surface area (Å²) in [5.74, 6) is 0.777. The largest absolute Gasteiger partial charge is 0.397 e. The summed E-state index contributed by atoms with van der Waals surface area (Å²) in [5, 5.41) is 0.568. The van der Waals surface area contributed by atoms with Crippen LogP contribution in [0.4, 0.5) is 5.69 Å². The summed E-state index contributed by atoms with van der Waals surface area (Å²) in [4.78, 5) is 9.04. The van der Waals surface area contributed by atoms with Crippen molar-refractivity contribution >= 4 is 29.1 Å². The first-order valence-corrected chi connectivity index (χ1v) is 7.58. The van der Waals surface area contributed by atoms with Crippen LogP contribution in [0.15, 0.2) is 24.3 Å². The van der Waals surface area contributed by atoms with E-state index in [2.05, 4.69) is 9.97 Å². The van der Waals surface area contributed by atoms with E-state index in [-0.39, 0.29) is 5.25 Å².